The molecule has 0 saturated heterocycles. The number of benzene rings is 1. The van der Waals surface area contributed by atoms with Gasteiger partial charge in [0.2, 0.25) is 5.12 Å². The fourth-order valence-electron chi connectivity index (χ4n) is 8.90. The van der Waals surface area contributed by atoms with Crippen molar-refractivity contribution in [3.63, 3.8) is 0 Å². The van der Waals surface area contributed by atoms with Crippen molar-refractivity contribution in [1.29, 1.82) is 0 Å². The molecule has 4 aliphatic rings. The van der Waals surface area contributed by atoms with Crippen LogP contribution in [-0.2, 0) is 9.53 Å². The van der Waals surface area contributed by atoms with Gasteiger partial charge in [-0.1, -0.05) is 31.2 Å². The Kier molecular flexibility index (Phi) is 8.09. The molecule has 0 radical (unpaired) electrons. The number of aromatic nitrogens is 1. The number of aliphatic hydroxyl groups excluding tert-OH is 2. The van der Waals surface area contributed by atoms with Gasteiger partial charge in [0.25, 0.3) is 0 Å². The minimum atomic E-state index is -1.49. The Morgan fingerprint density at radius 1 is 1.27 bits per heavy atom. The third-order valence-electron chi connectivity index (χ3n) is 10.8. The topological polar surface area (TPSA) is 148 Å². The van der Waals surface area contributed by atoms with Crippen LogP contribution in [-0.4, -0.2) is 56.1 Å². The van der Waals surface area contributed by atoms with Crippen LogP contribution >= 0.6 is 11.8 Å². The molecule has 0 spiro atoms. The second-order valence-corrected chi connectivity index (χ2v) is 14.0. The van der Waals surface area contributed by atoms with E-state index in [1.165, 1.54) is 24.0 Å². The van der Waals surface area contributed by atoms with Gasteiger partial charge in [-0.2, -0.15) is 0 Å². The van der Waals surface area contributed by atoms with Gasteiger partial charge < -0.3 is 25.1 Å². The Balaban J connectivity index is 1.35. The number of rotatable bonds is 6. The van der Waals surface area contributed by atoms with Crippen LogP contribution in [0.15, 0.2) is 69.8 Å². The van der Waals surface area contributed by atoms with Crippen molar-refractivity contribution in [2.24, 2.45) is 39.3 Å². The number of fused-ring (bicyclic) bond motifs is 5. The highest BCUT2D eigenvalue weighted by molar-refractivity contribution is 8.13. The lowest BCUT2D eigenvalue weighted by atomic mass is 9.45. The molecule has 6 rings (SSSR count). The number of oxazole rings is 1. The highest BCUT2D eigenvalue weighted by atomic mass is 32.2. The molecular weight excluding hydrogens is 585 g/mol. The van der Waals surface area contributed by atoms with Gasteiger partial charge in [0, 0.05) is 11.2 Å². The standard InChI is InChI=1S/C33H38FN3O6S/c1-31-14-19(16-35)25(37-22-6-4-21(34)5-7-22)13-20(31)3-8-23-24-9-10-33(30(41)44-12-11-38,32(24,2)15-27(39)28(23)31)43-29(40)26-17-42-18-36-26/h4-7,13,16-18,23-24,27-28,38-39H,3,8-12,14-15,35H2,1-2H3/t23-,24?,27?,28?,31-,32-,33-/m0/s1. The average molecular weight is 624 g/mol. The van der Waals surface area contributed by atoms with Gasteiger partial charge in [-0.3, -0.25) is 4.79 Å². The molecule has 1 heterocycles. The summed E-state index contributed by atoms with van der Waals surface area (Å²) in [5.41, 5.74) is 6.85. The van der Waals surface area contributed by atoms with Crippen LogP contribution in [0.5, 0.6) is 0 Å². The van der Waals surface area contributed by atoms with E-state index in [0.29, 0.717) is 24.9 Å². The first-order valence-corrected chi connectivity index (χ1v) is 16.1. The monoisotopic (exact) mass is 623 g/mol. The summed E-state index contributed by atoms with van der Waals surface area (Å²) >= 11 is 0.963. The summed E-state index contributed by atoms with van der Waals surface area (Å²) in [6.07, 6.45) is 8.65. The van der Waals surface area contributed by atoms with Gasteiger partial charge in [0.1, 0.15) is 12.1 Å². The van der Waals surface area contributed by atoms with Crippen LogP contribution in [0.4, 0.5) is 10.1 Å². The molecule has 11 heteroatoms. The van der Waals surface area contributed by atoms with Crippen LogP contribution in [0, 0.1) is 34.4 Å². The smallest absolute Gasteiger partial charge is 0.361 e. The zero-order valence-electron chi connectivity index (χ0n) is 24.9. The van der Waals surface area contributed by atoms with E-state index in [2.05, 4.69) is 18.0 Å². The number of nitrogens with zero attached hydrogens (tertiary/aromatic N) is 2. The molecule has 234 valence electrons. The summed E-state index contributed by atoms with van der Waals surface area (Å²) in [7, 11) is 0. The summed E-state index contributed by atoms with van der Waals surface area (Å²) in [4.78, 5) is 35.9. The fourth-order valence-corrected chi connectivity index (χ4v) is 9.79. The van der Waals surface area contributed by atoms with Gasteiger partial charge in [-0.15, -0.1) is 0 Å². The first kappa shape index (κ1) is 30.7. The van der Waals surface area contributed by atoms with E-state index in [-0.39, 0.29) is 53.2 Å². The Hall–Kier alpha value is -3.28. The molecule has 2 aromatic rings. The van der Waals surface area contributed by atoms with E-state index in [1.807, 2.05) is 6.92 Å². The number of nitrogens with two attached hydrogens (primary N) is 1. The van der Waals surface area contributed by atoms with Crippen LogP contribution in [0.3, 0.4) is 0 Å². The number of halogens is 1. The van der Waals surface area contributed by atoms with Crippen LogP contribution in [0.2, 0.25) is 0 Å². The van der Waals surface area contributed by atoms with Crippen molar-refractivity contribution in [3.05, 3.63) is 71.9 Å². The van der Waals surface area contributed by atoms with Crippen LogP contribution in [0.25, 0.3) is 0 Å². The molecule has 0 amide bonds. The molecule has 1 aromatic heterocycles. The minimum Gasteiger partial charge on any atom is -0.451 e. The van der Waals surface area contributed by atoms with Gasteiger partial charge in [0.15, 0.2) is 17.7 Å². The lowest BCUT2D eigenvalue weighted by molar-refractivity contribution is -0.174. The number of carbonyl (C=O) groups is 2. The van der Waals surface area contributed by atoms with Crippen molar-refractivity contribution in [2.45, 2.75) is 64.1 Å². The van der Waals surface area contributed by atoms with E-state index in [1.54, 1.807) is 18.3 Å². The average Bonchev–Trinajstić information content (AvgIpc) is 3.64. The summed E-state index contributed by atoms with van der Waals surface area (Å²) in [5, 5.41) is 21.2. The van der Waals surface area contributed by atoms with E-state index in [9.17, 15) is 24.2 Å². The highest BCUT2D eigenvalue weighted by Crippen LogP contribution is 2.69. The number of ether oxygens (including phenoxy) is 1. The molecule has 3 fully saturated rings. The Bertz CT molecular complexity index is 1520. The lowest BCUT2D eigenvalue weighted by Gasteiger charge is -2.60. The third-order valence-corrected chi connectivity index (χ3v) is 11.8. The first-order valence-electron chi connectivity index (χ1n) is 15.1. The molecule has 0 aliphatic heterocycles. The quantitative estimate of drug-likeness (QED) is 0.373. The fraction of sp³-hybridized carbons (Fsp3) is 0.515. The normalized spacial score (nSPS) is 36.3. The molecule has 3 saturated carbocycles. The third kappa shape index (κ3) is 4.84. The van der Waals surface area contributed by atoms with Crippen molar-refractivity contribution in [3.8, 4) is 0 Å². The molecule has 44 heavy (non-hydrogen) atoms. The van der Waals surface area contributed by atoms with Gasteiger partial charge in [-0.25, -0.2) is 19.2 Å². The van der Waals surface area contributed by atoms with Gasteiger partial charge >= 0.3 is 5.97 Å². The molecule has 4 aliphatic carbocycles. The number of thioether (sulfide) groups is 1. The lowest BCUT2D eigenvalue weighted by Crippen LogP contribution is -2.62. The second-order valence-electron chi connectivity index (χ2n) is 12.9. The number of esters is 1. The number of hydrogen-bond acceptors (Lipinski definition) is 10. The molecule has 4 N–H and O–H groups in total. The van der Waals surface area contributed by atoms with Crippen molar-refractivity contribution < 1.29 is 33.3 Å². The van der Waals surface area contributed by atoms with Crippen molar-refractivity contribution in [2.75, 3.05) is 12.4 Å². The van der Waals surface area contributed by atoms with E-state index in [0.717, 1.165) is 42.3 Å². The van der Waals surface area contributed by atoms with E-state index >= 15 is 0 Å². The maximum Gasteiger partial charge on any atom is 0.361 e. The minimum absolute atomic E-state index is 0.0117. The number of aliphatic hydroxyl groups is 2. The number of hydrogen-bond donors (Lipinski definition) is 3. The SMILES string of the molecule is C[C@]12CC(=CN)C(=Nc3ccc(F)cc3)C=C1CC[C@@H]1C2C(O)C[C@@]2(C)C1CC[C@]2(OC(=O)c1cocn1)C(=O)SCCO. The molecule has 1 aromatic carbocycles. The Morgan fingerprint density at radius 2 is 2.05 bits per heavy atom. The second kappa shape index (κ2) is 11.6. The zero-order chi connectivity index (χ0) is 31.3. The number of allylic oxidation sites excluding steroid dienone is 3. The predicted molar refractivity (Wildman–Crippen MR) is 163 cm³/mol. The summed E-state index contributed by atoms with van der Waals surface area (Å²) in [6.45, 7) is 3.98. The Labute approximate surface area is 259 Å². The van der Waals surface area contributed by atoms with E-state index < -0.39 is 28.5 Å². The summed E-state index contributed by atoms with van der Waals surface area (Å²) in [6, 6.07) is 6.02. The van der Waals surface area contributed by atoms with E-state index in [4.69, 9.17) is 19.9 Å². The molecule has 7 atom stereocenters. The van der Waals surface area contributed by atoms with Crippen molar-refractivity contribution >= 4 is 34.2 Å². The predicted octanol–water partition coefficient (Wildman–Crippen LogP) is 5.12. The molecular formula is C33H38FN3O6S. The zero-order valence-corrected chi connectivity index (χ0v) is 25.7. The number of carbonyl (C=O) groups excluding carboxylic acids is 2. The number of aliphatic imine (C=N–C) groups is 1. The van der Waals surface area contributed by atoms with Crippen LogP contribution in [0.1, 0.15) is 62.9 Å². The van der Waals surface area contributed by atoms with Gasteiger partial charge in [-0.05, 0) is 104 Å². The first-order chi connectivity index (χ1) is 21.1. The maximum atomic E-state index is 13.9. The van der Waals surface area contributed by atoms with Crippen LogP contribution < -0.4 is 5.73 Å². The summed E-state index contributed by atoms with van der Waals surface area (Å²) < 4.78 is 24.6. The van der Waals surface area contributed by atoms with Gasteiger partial charge in [0.05, 0.1) is 24.1 Å². The Morgan fingerprint density at radius 3 is 2.73 bits per heavy atom. The largest absolute Gasteiger partial charge is 0.451 e. The summed E-state index contributed by atoms with van der Waals surface area (Å²) in [5.74, 6) is -0.910. The highest BCUT2D eigenvalue weighted by Gasteiger charge is 2.70. The molecule has 9 nitrogen and oxygen atoms in total. The maximum absolute atomic E-state index is 13.9. The molecule has 0 bridgehead atoms. The molecule has 3 unspecified atom stereocenters. The van der Waals surface area contributed by atoms with Crippen molar-refractivity contribution in [1.82, 2.24) is 4.98 Å².